The van der Waals surface area contributed by atoms with Crippen LogP contribution in [0.5, 0.6) is 11.5 Å². The zero-order valence-electron chi connectivity index (χ0n) is 17.4. The molecule has 0 saturated carbocycles. The Balaban J connectivity index is 2.10. The van der Waals surface area contributed by atoms with Crippen molar-refractivity contribution in [2.24, 2.45) is 0 Å². The Morgan fingerprint density at radius 2 is 1.76 bits per heavy atom. The first kappa shape index (κ1) is 20.9. The maximum absolute atomic E-state index is 13.2. The number of phenols is 1. The van der Waals surface area contributed by atoms with Crippen molar-refractivity contribution in [1.29, 1.82) is 0 Å². The van der Waals surface area contributed by atoms with Crippen molar-refractivity contribution in [3.63, 3.8) is 0 Å². The average Bonchev–Trinajstić information content (AvgIpc) is 3.03. The molecule has 1 N–H and O–H groups in total. The molecular weight excluding hydrogens is 390 g/mol. The topological polar surface area (TPSA) is 94.3 Å². The van der Waals surface area contributed by atoms with Gasteiger partial charge < -0.3 is 9.84 Å². The zero-order chi connectivity index (χ0) is 21.6. The van der Waals surface area contributed by atoms with Crippen LogP contribution in [-0.4, -0.2) is 35.6 Å². The highest BCUT2D eigenvalue weighted by Crippen LogP contribution is 2.32. The smallest absolute Gasteiger partial charge is 0.227 e. The van der Waals surface area contributed by atoms with Crippen molar-refractivity contribution in [1.82, 2.24) is 15.0 Å². The summed E-state index contributed by atoms with van der Waals surface area (Å²) in [7, 11) is -2.37. The SMILES string of the molecule is COc1ccc(O)c(-n2nnc(S(=O)(=O)c3ccc(C(C)(C)C)c(C)c3)c2C)c1. The Kier molecular flexibility index (Phi) is 5.17. The lowest BCUT2D eigenvalue weighted by Gasteiger charge is -2.22. The van der Waals surface area contributed by atoms with Gasteiger partial charge >= 0.3 is 0 Å². The first-order valence-corrected chi connectivity index (χ1v) is 10.6. The Morgan fingerprint density at radius 3 is 2.34 bits per heavy atom. The van der Waals surface area contributed by atoms with Gasteiger partial charge in [-0.1, -0.05) is 32.1 Å². The van der Waals surface area contributed by atoms with E-state index in [-0.39, 0.29) is 26.8 Å². The molecule has 154 valence electrons. The highest BCUT2D eigenvalue weighted by molar-refractivity contribution is 7.91. The maximum atomic E-state index is 13.2. The third-order valence-electron chi connectivity index (χ3n) is 4.83. The van der Waals surface area contributed by atoms with E-state index in [2.05, 4.69) is 31.1 Å². The third kappa shape index (κ3) is 3.72. The molecule has 0 atom stereocenters. The summed E-state index contributed by atoms with van der Waals surface area (Å²) in [6.07, 6.45) is 0. The Hall–Kier alpha value is -2.87. The monoisotopic (exact) mass is 415 g/mol. The van der Waals surface area contributed by atoms with Crippen LogP contribution in [0.1, 0.15) is 37.6 Å². The molecule has 0 radical (unpaired) electrons. The van der Waals surface area contributed by atoms with E-state index in [1.165, 1.54) is 17.9 Å². The van der Waals surface area contributed by atoms with E-state index in [9.17, 15) is 13.5 Å². The number of benzene rings is 2. The number of sulfone groups is 1. The quantitative estimate of drug-likeness (QED) is 0.698. The fourth-order valence-electron chi connectivity index (χ4n) is 3.35. The van der Waals surface area contributed by atoms with Crippen LogP contribution in [-0.2, 0) is 15.3 Å². The minimum absolute atomic E-state index is 0.0619. The molecule has 0 aliphatic heterocycles. The van der Waals surface area contributed by atoms with Crippen LogP contribution in [0.2, 0.25) is 0 Å². The summed E-state index contributed by atoms with van der Waals surface area (Å²) < 4.78 is 32.9. The molecule has 0 aliphatic carbocycles. The van der Waals surface area contributed by atoms with Crippen LogP contribution < -0.4 is 4.74 Å². The Morgan fingerprint density at radius 1 is 1.07 bits per heavy atom. The molecule has 3 aromatic rings. The van der Waals surface area contributed by atoms with Gasteiger partial charge in [0.25, 0.3) is 0 Å². The number of hydrogen-bond acceptors (Lipinski definition) is 6. The molecule has 0 saturated heterocycles. The van der Waals surface area contributed by atoms with Crippen molar-refractivity contribution in [3.05, 3.63) is 53.2 Å². The number of hydrogen-bond donors (Lipinski definition) is 1. The molecule has 29 heavy (non-hydrogen) atoms. The van der Waals surface area contributed by atoms with Crippen LogP contribution in [0.4, 0.5) is 0 Å². The molecule has 0 amide bonds. The van der Waals surface area contributed by atoms with Gasteiger partial charge in [-0.15, -0.1) is 5.10 Å². The van der Waals surface area contributed by atoms with Crippen molar-refractivity contribution in [2.45, 2.75) is 50.0 Å². The highest BCUT2D eigenvalue weighted by atomic mass is 32.2. The molecule has 7 nitrogen and oxygen atoms in total. The summed E-state index contributed by atoms with van der Waals surface area (Å²) in [6, 6.07) is 9.73. The van der Waals surface area contributed by atoms with E-state index in [0.717, 1.165) is 11.1 Å². The second-order valence-electron chi connectivity index (χ2n) is 7.98. The summed E-state index contributed by atoms with van der Waals surface area (Å²) in [5.41, 5.74) is 2.48. The first-order chi connectivity index (χ1) is 13.5. The van der Waals surface area contributed by atoms with Gasteiger partial charge in [-0.2, -0.15) is 0 Å². The minimum Gasteiger partial charge on any atom is -0.506 e. The van der Waals surface area contributed by atoms with Crippen molar-refractivity contribution < 1.29 is 18.3 Å². The number of phenolic OH excluding ortho intramolecular Hbond substituents is 1. The number of rotatable bonds is 4. The number of aromatic nitrogens is 3. The number of aromatic hydroxyl groups is 1. The summed E-state index contributed by atoms with van der Waals surface area (Å²) >= 11 is 0. The molecule has 8 heteroatoms. The molecule has 3 rings (SSSR count). The number of methoxy groups -OCH3 is 1. The van der Waals surface area contributed by atoms with Gasteiger partial charge in [0.2, 0.25) is 14.9 Å². The van der Waals surface area contributed by atoms with E-state index in [1.54, 1.807) is 31.2 Å². The molecule has 0 spiro atoms. The predicted octanol–water partition coefficient (Wildman–Crippen LogP) is 3.73. The second kappa shape index (κ2) is 7.18. The van der Waals surface area contributed by atoms with Gasteiger partial charge in [-0.25, -0.2) is 13.1 Å². The van der Waals surface area contributed by atoms with Crippen molar-refractivity contribution in [3.8, 4) is 17.2 Å². The van der Waals surface area contributed by atoms with E-state index < -0.39 is 9.84 Å². The molecule has 1 heterocycles. The molecular formula is C21H25N3O4S. The van der Waals surface area contributed by atoms with Gasteiger partial charge in [0.05, 0.1) is 17.7 Å². The zero-order valence-corrected chi connectivity index (χ0v) is 18.2. The average molecular weight is 416 g/mol. The lowest BCUT2D eigenvalue weighted by Crippen LogP contribution is -2.14. The summed E-state index contributed by atoms with van der Waals surface area (Å²) in [4.78, 5) is 0.160. The first-order valence-electron chi connectivity index (χ1n) is 9.12. The largest absolute Gasteiger partial charge is 0.506 e. The number of nitrogens with zero attached hydrogens (tertiary/aromatic N) is 3. The number of aryl methyl sites for hydroxylation is 1. The second-order valence-corrected chi connectivity index (χ2v) is 9.84. The summed E-state index contributed by atoms with van der Waals surface area (Å²) in [5.74, 6) is 0.443. The van der Waals surface area contributed by atoms with Crippen LogP contribution in [0.15, 0.2) is 46.3 Å². The molecule has 2 aromatic carbocycles. The van der Waals surface area contributed by atoms with Gasteiger partial charge in [-0.05, 0) is 54.7 Å². The molecule has 0 bridgehead atoms. The normalized spacial score (nSPS) is 12.2. The standard InChI is InChI=1S/C21H25N3O4S/c1-13-11-16(8-9-17(13)21(3,4)5)29(26,27)20-14(2)24(23-22-20)18-12-15(28-6)7-10-19(18)25/h7-12,25H,1-6H3. The van der Waals surface area contributed by atoms with Gasteiger partial charge in [0.15, 0.2) is 0 Å². The van der Waals surface area contributed by atoms with E-state index in [4.69, 9.17) is 4.74 Å². The van der Waals surface area contributed by atoms with E-state index >= 15 is 0 Å². The third-order valence-corrected chi connectivity index (χ3v) is 6.59. The molecule has 0 aliphatic rings. The van der Waals surface area contributed by atoms with E-state index in [0.29, 0.717) is 11.4 Å². The fraction of sp³-hybridized carbons (Fsp3) is 0.333. The Labute approximate surface area is 170 Å². The summed E-state index contributed by atoms with van der Waals surface area (Å²) in [5, 5.41) is 17.9. The lowest BCUT2D eigenvalue weighted by atomic mass is 9.84. The Bertz CT molecular complexity index is 1180. The highest BCUT2D eigenvalue weighted by Gasteiger charge is 2.28. The molecule has 0 unspecified atom stereocenters. The van der Waals surface area contributed by atoms with Crippen LogP contribution >= 0.6 is 0 Å². The van der Waals surface area contributed by atoms with Gasteiger partial charge in [-0.3, -0.25) is 0 Å². The van der Waals surface area contributed by atoms with E-state index in [1.807, 2.05) is 13.0 Å². The van der Waals surface area contributed by atoms with Gasteiger partial charge in [0, 0.05) is 6.07 Å². The van der Waals surface area contributed by atoms with Crippen molar-refractivity contribution in [2.75, 3.05) is 7.11 Å². The fourth-order valence-corrected chi connectivity index (χ4v) is 4.77. The van der Waals surface area contributed by atoms with Crippen LogP contribution in [0.25, 0.3) is 5.69 Å². The van der Waals surface area contributed by atoms with Crippen LogP contribution in [0, 0.1) is 13.8 Å². The van der Waals surface area contributed by atoms with Crippen molar-refractivity contribution >= 4 is 9.84 Å². The van der Waals surface area contributed by atoms with Gasteiger partial charge in [0.1, 0.15) is 17.2 Å². The molecule has 0 fully saturated rings. The lowest BCUT2D eigenvalue weighted by molar-refractivity contribution is 0.411. The maximum Gasteiger partial charge on any atom is 0.227 e. The molecule has 1 aromatic heterocycles. The number of ether oxygens (including phenoxy) is 1. The predicted molar refractivity (Wildman–Crippen MR) is 110 cm³/mol. The van der Waals surface area contributed by atoms with Crippen LogP contribution in [0.3, 0.4) is 0 Å². The summed E-state index contributed by atoms with van der Waals surface area (Å²) in [6.45, 7) is 9.75. The minimum atomic E-state index is -3.88.